The lowest BCUT2D eigenvalue weighted by Crippen LogP contribution is -2.38. The predicted molar refractivity (Wildman–Crippen MR) is 130 cm³/mol. The summed E-state index contributed by atoms with van der Waals surface area (Å²) in [5.74, 6) is -1.55. The van der Waals surface area contributed by atoms with Gasteiger partial charge in [-0.3, -0.25) is 9.79 Å². The van der Waals surface area contributed by atoms with Crippen LogP contribution in [-0.2, 0) is 20.7 Å². The Bertz CT molecular complexity index is 967. The SMILES string of the molecule is O=C1OCC/C=C/CC/C=C/C(=NCOCC(=O)N2CCCCC2)Cc2c(Cl)c(O)cc(O)c21. The third kappa shape index (κ3) is 7.33. The first-order chi connectivity index (χ1) is 16.5. The lowest BCUT2D eigenvalue weighted by Gasteiger charge is -2.26. The second kappa shape index (κ2) is 13.2. The van der Waals surface area contributed by atoms with Gasteiger partial charge in [0.1, 0.15) is 30.4 Å². The van der Waals surface area contributed by atoms with E-state index in [9.17, 15) is 19.8 Å². The van der Waals surface area contributed by atoms with Crippen LogP contribution in [-0.4, -0.2) is 65.7 Å². The van der Waals surface area contributed by atoms with E-state index in [2.05, 4.69) is 4.99 Å². The fourth-order valence-corrected chi connectivity index (χ4v) is 4.08. The van der Waals surface area contributed by atoms with Crippen molar-refractivity contribution in [2.45, 2.75) is 44.9 Å². The van der Waals surface area contributed by atoms with Gasteiger partial charge in [-0.2, -0.15) is 0 Å². The number of carbonyl (C=O) groups is 2. The van der Waals surface area contributed by atoms with Crippen molar-refractivity contribution < 1.29 is 29.3 Å². The summed E-state index contributed by atoms with van der Waals surface area (Å²) in [6.07, 6.45) is 13.0. The molecule has 0 radical (unpaired) electrons. The topological polar surface area (TPSA) is 109 Å². The summed E-state index contributed by atoms with van der Waals surface area (Å²) in [4.78, 5) is 31.2. The molecule has 1 aromatic carbocycles. The number of nitrogens with zero attached hydrogens (tertiary/aromatic N) is 2. The van der Waals surface area contributed by atoms with E-state index < -0.39 is 11.7 Å². The molecule has 0 saturated carbocycles. The minimum Gasteiger partial charge on any atom is -0.507 e. The zero-order valence-corrected chi connectivity index (χ0v) is 19.9. The number of benzene rings is 1. The van der Waals surface area contributed by atoms with Crippen molar-refractivity contribution in [3.8, 4) is 11.5 Å². The van der Waals surface area contributed by atoms with Crippen molar-refractivity contribution in [2.24, 2.45) is 4.99 Å². The monoisotopic (exact) mass is 490 g/mol. The number of allylic oxidation sites excluding steroid dienone is 3. The molecule has 0 atom stereocenters. The molecule has 1 saturated heterocycles. The Morgan fingerprint density at radius 1 is 1.09 bits per heavy atom. The van der Waals surface area contributed by atoms with E-state index in [1.165, 1.54) is 0 Å². The molecule has 0 spiro atoms. The van der Waals surface area contributed by atoms with Crippen molar-refractivity contribution in [3.63, 3.8) is 0 Å². The molecule has 9 heteroatoms. The summed E-state index contributed by atoms with van der Waals surface area (Å²) in [5.41, 5.74) is 0.628. The molecule has 1 fully saturated rings. The minimum atomic E-state index is -0.730. The number of cyclic esters (lactones) is 1. The maximum atomic E-state index is 12.7. The van der Waals surface area contributed by atoms with E-state index in [1.807, 2.05) is 18.2 Å². The fraction of sp³-hybridized carbons (Fsp3) is 0.480. The zero-order chi connectivity index (χ0) is 24.3. The van der Waals surface area contributed by atoms with Crippen LogP contribution in [0, 0.1) is 0 Å². The van der Waals surface area contributed by atoms with Crippen LogP contribution in [0.5, 0.6) is 11.5 Å². The normalized spacial score (nSPS) is 20.8. The minimum absolute atomic E-state index is 0.0542. The van der Waals surface area contributed by atoms with Crippen LogP contribution in [0.2, 0.25) is 5.02 Å². The molecule has 8 nitrogen and oxygen atoms in total. The van der Waals surface area contributed by atoms with Crippen molar-refractivity contribution >= 4 is 29.2 Å². The highest BCUT2D eigenvalue weighted by molar-refractivity contribution is 6.33. The van der Waals surface area contributed by atoms with Crippen molar-refractivity contribution in [2.75, 3.05) is 33.0 Å². The Balaban J connectivity index is 1.79. The van der Waals surface area contributed by atoms with Gasteiger partial charge in [0.25, 0.3) is 0 Å². The quantitative estimate of drug-likeness (QED) is 0.372. The molecular weight excluding hydrogens is 460 g/mol. The average Bonchev–Trinajstić information content (AvgIpc) is 2.83. The number of ether oxygens (including phenoxy) is 2. The fourth-order valence-electron chi connectivity index (χ4n) is 3.86. The number of fused-ring (bicyclic) bond motifs is 1. The van der Waals surface area contributed by atoms with Gasteiger partial charge in [-0.25, -0.2) is 4.79 Å². The molecule has 1 aromatic rings. The van der Waals surface area contributed by atoms with Crippen LogP contribution in [0.1, 0.15) is 54.4 Å². The third-order valence-electron chi connectivity index (χ3n) is 5.67. The molecule has 2 aliphatic heterocycles. The highest BCUT2D eigenvalue weighted by Gasteiger charge is 2.24. The largest absolute Gasteiger partial charge is 0.507 e. The average molecular weight is 491 g/mol. The first kappa shape index (κ1) is 25.8. The van der Waals surface area contributed by atoms with Gasteiger partial charge >= 0.3 is 5.97 Å². The molecule has 3 rings (SSSR count). The summed E-state index contributed by atoms with van der Waals surface area (Å²) in [5, 5.41) is 20.4. The Labute approximate surface area is 204 Å². The second-order valence-corrected chi connectivity index (χ2v) is 8.58. The van der Waals surface area contributed by atoms with Crippen molar-refractivity contribution in [1.29, 1.82) is 0 Å². The summed E-state index contributed by atoms with van der Waals surface area (Å²) in [6, 6.07) is 1.02. The van der Waals surface area contributed by atoms with Crippen LogP contribution >= 0.6 is 11.6 Å². The number of piperidine rings is 1. The third-order valence-corrected chi connectivity index (χ3v) is 6.09. The van der Waals surface area contributed by atoms with Gasteiger partial charge in [0, 0.05) is 31.3 Å². The number of rotatable bonds is 4. The van der Waals surface area contributed by atoms with E-state index in [0.29, 0.717) is 12.1 Å². The first-order valence-corrected chi connectivity index (χ1v) is 12.0. The lowest BCUT2D eigenvalue weighted by atomic mass is 9.99. The molecule has 34 heavy (non-hydrogen) atoms. The number of aliphatic imine (C=N–C) groups is 1. The molecule has 0 bridgehead atoms. The number of esters is 1. The van der Waals surface area contributed by atoms with Gasteiger partial charge in [-0.05, 0) is 50.2 Å². The number of phenols is 2. The smallest absolute Gasteiger partial charge is 0.342 e. The maximum absolute atomic E-state index is 12.7. The molecular formula is C25H31ClN2O6. The zero-order valence-electron chi connectivity index (χ0n) is 19.2. The van der Waals surface area contributed by atoms with Gasteiger partial charge in [-0.1, -0.05) is 29.8 Å². The number of hydrogen-bond donors (Lipinski definition) is 2. The number of aromatic hydroxyl groups is 2. The number of halogens is 1. The Kier molecular flexibility index (Phi) is 9.97. The molecule has 0 aromatic heterocycles. The second-order valence-electron chi connectivity index (χ2n) is 8.20. The predicted octanol–water partition coefficient (Wildman–Crippen LogP) is 4.17. The van der Waals surface area contributed by atoms with Crippen LogP contribution < -0.4 is 0 Å². The standard InChI is InChI=1S/C25H31ClN2O6/c26-24-19-14-18(27-17-33-16-22(31)28-11-7-5-8-12-28)10-6-3-1-2-4-9-13-34-25(32)23(19)20(29)15-21(24)30/h2,4,6,10,15,29-30H,1,3,5,7-9,11-14,16-17H2/b4-2+,10-6+,27-18?. The van der Waals surface area contributed by atoms with E-state index in [1.54, 1.807) is 11.0 Å². The van der Waals surface area contributed by atoms with Gasteiger partial charge < -0.3 is 24.6 Å². The molecule has 0 unspecified atom stereocenters. The van der Waals surface area contributed by atoms with Crippen LogP contribution in [0.4, 0.5) is 0 Å². The Hall–Kier alpha value is -2.84. The van der Waals surface area contributed by atoms with E-state index >= 15 is 0 Å². The number of amides is 1. The molecule has 2 heterocycles. The summed E-state index contributed by atoms with van der Waals surface area (Å²) in [6.45, 7) is 1.55. The summed E-state index contributed by atoms with van der Waals surface area (Å²) >= 11 is 6.31. The van der Waals surface area contributed by atoms with E-state index in [4.69, 9.17) is 21.1 Å². The van der Waals surface area contributed by atoms with Gasteiger partial charge in [-0.15, -0.1) is 0 Å². The first-order valence-electron chi connectivity index (χ1n) is 11.6. The van der Waals surface area contributed by atoms with E-state index in [0.717, 1.165) is 51.3 Å². The van der Waals surface area contributed by atoms with Gasteiger partial charge in [0.05, 0.1) is 11.6 Å². The van der Waals surface area contributed by atoms with Gasteiger partial charge in [0.15, 0.2) is 0 Å². The number of likely N-dealkylation sites (tertiary alicyclic amines) is 1. The van der Waals surface area contributed by atoms with Crippen molar-refractivity contribution in [3.05, 3.63) is 46.5 Å². The molecule has 2 N–H and O–H groups in total. The highest BCUT2D eigenvalue weighted by Crippen LogP contribution is 2.37. The van der Waals surface area contributed by atoms with Crippen LogP contribution in [0.25, 0.3) is 0 Å². The highest BCUT2D eigenvalue weighted by atomic mass is 35.5. The van der Waals surface area contributed by atoms with Crippen LogP contribution in [0.15, 0.2) is 35.4 Å². The summed E-state index contributed by atoms with van der Waals surface area (Å²) in [7, 11) is 0. The molecule has 2 aliphatic rings. The molecule has 184 valence electrons. The lowest BCUT2D eigenvalue weighted by molar-refractivity contribution is -0.136. The van der Waals surface area contributed by atoms with E-state index in [-0.39, 0.29) is 54.2 Å². The van der Waals surface area contributed by atoms with Crippen molar-refractivity contribution in [1.82, 2.24) is 4.90 Å². The van der Waals surface area contributed by atoms with Crippen LogP contribution in [0.3, 0.4) is 0 Å². The maximum Gasteiger partial charge on any atom is 0.342 e. The molecule has 0 aliphatic carbocycles. The summed E-state index contributed by atoms with van der Waals surface area (Å²) < 4.78 is 10.8. The Morgan fingerprint density at radius 3 is 2.62 bits per heavy atom. The number of phenolic OH excluding ortho intramolecular Hbond substituents is 2. The molecule has 1 amide bonds. The van der Waals surface area contributed by atoms with Gasteiger partial charge in [0.2, 0.25) is 5.91 Å². The number of carbonyl (C=O) groups excluding carboxylic acids is 2. The Morgan fingerprint density at radius 2 is 1.82 bits per heavy atom. The number of hydrogen-bond acceptors (Lipinski definition) is 7.